The Morgan fingerprint density at radius 1 is 1.11 bits per heavy atom. The number of aromatic nitrogens is 2. The number of likely N-dealkylation sites (tertiary alicyclic amines) is 1. The molecule has 2 heterocycles. The van der Waals surface area contributed by atoms with E-state index < -0.39 is 0 Å². The topological polar surface area (TPSA) is 68.5 Å². The zero-order valence-corrected chi connectivity index (χ0v) is 16.1. The first-order valence-corrected chi connectivity index (χ1v) is 9.50. The SMILES string of the molecule is Cc1ccc(OCC(=O)N2CCC[C@H]2c2nc(-c3ccc(C)cc3)no2)cc1. The molecule has 1 atom stereocenters. The molecule has 0 saturated carbocycles. The van der Waals surface area contributed by atoms with Crippen LogP contribution in [0.3, 0.4) is 0 Å². The molecule has 6 nitrogen and oxygen atoms in total. The van der Waals surface area contributed by atoms with Crippen LogP contribution in [0.4, 0.5) is 0 Å². The van der Waals surface area contributed by atoms with Gasteiger partial charge >= 0.3 is 0 Å². The van der Waals surface area contributed by atoms with E-state index in [1.54, 1.807) is 4.90 Å². The van der Waals surface area contributed by atoms with Crippen LogP contribution in [0.25, 0.3) is 11.4 Å². The molecule has 0 aliphatic carbocycles. The van der Waals surface area contributed by atoms with Gasteiger partial charge in [0, 0.05) is 12.1 Å². The first kappa shape index (κ1) is 18.2. The van der Waals surface area contributed by atoms with Crippen molar-refractivity contribution in [3.05, 3.63) is 65.5 Å². The monoisotopic (exact) mass is 377 g/mol. The third-order valence-corrected chi connectivity index (χ3v) is 4.99. The van der Waals surface area contributed by atoms with Crippen LogP contribution in [0, 0.1) is 13.8 Å². The summed E-state index contributed by atoms with van der Waals surface area (Å²) in [6.07, 6.45) is 1.72. The molecule has 0 N–H and O–H groups in total. The molecule has 1 fully saturated rings. The zero-order chi connectivity index (χ0) is 19.5. The number of rotatable bonds is 5. The first-order valence-electron chi connectivity index (χ1n) is 9.50. The average Bonchev–Trinajstić information content (AvgIpc) is 3.37. The predicted octanol–water partition coefficient (Wildman–Crippen LogP) is 4.10. The van der Waals surface area contributed by atoms with Crippen molar-refractivity contribution in [2.45, 2.75) is 32.7 Å². The lowest BCUT2D eigenvalue weighted by Gasteiger charge is -2.21. The Balaban J connectivity index is 1.43. The Labute approximate surface area is 164 Å². The molecule has 1 aliphatic heterocycles. The molecule has 0 bridgehead atoms. The van der Waals surface area contributed by atoms with Crippen molar-refractivity contribution in [1.29, 1.82) is 0 Å². The summed E-state index contributed by atoms with van der Waals surface area (Å²) in [6, 6.07) is 15.4. The number of amides is 1. The molecule has 3 aromatic rings. The van der Waals surface area contributed by atoms with E-state index in [4.69, 9.17) is 9.26 Å². The van der Waals surface area contributed by atoms with Gasteiger partial charge in [0.15, 0.2) is 6.61 Å². The fourth-order valence-corrected chi connectivity index (χ4v) is 3.37. The van der Waals surface area contributed by atoms with Crippen LogP contribution >= 0.6 is 0 Å². The van der Waals surface area contributed by atoms with Gasteiger partial charge in [0.2, 0.25) is 11.7 Å². The molecular formula is C22H23N3O3. The van der Waals surface area contributed by atoms with Gasteiger partial charge < -0.3 is 14.2 Å². The number of carbonyl (C=O) groups is 1. The van der Waals surface area contributed by atoms with Crippen molar-refractivity contribution in [2.75, 3.05) is 13.2 Å². The Morgan fingerprint density at radius 2 is 1.79 bits per heavy atom. The van der Waals surface area contributed by atoms with Crippen LogP contribution < -0.4 is 4.74 Å². The van der Waals surface area contributed by atoms with Crippen molar-refractivity contribution in [3.8, 4) is 17.1 Å². The van der Waals surface area contributed by atoms with Gasteiger partial charge in [-0.15, -0.1) is 0 Å². The lowest BCUT2D eigenvalue weighted by Crippen LogP contribution is -2.34. The maximum absolute atomic E-state index is 12.7. The maximum Gasteiger partial charge on any atom is 0.261 e. The van der Waals surface area contributed by atoms with Gasteiger partial charge in [0.1, 0.15) is 11.8 Å². The van der Waals surface area contributed by atoms with Gasteiger partial charge in [-0.1, -0.05) is 52.7 Å². The summed E-state index contributed by atoms with van der Waals surface area (Å²) in [5, 5.41) is 4.10. The summed E-state index contributed by atoms with van der Waals surface area (Å²) in [5.41, 5.74) is 3.23. The van der Waals surface area contributed by atoms with E-state index in [0.29, 0.717) is 24.0 Å². The van der Waals surface area contributed by atoms with E-state index in [0.717, 1.165) is 24.0 Å². The Kier molecular flexibility index (Phi) is 5.10. The fraction of sp³-hybridized carbons (Fsp3) is 0.318. The summed E-state index contributed by atoms with van der Waals surface area (Å²) in [7, 11) is 0. The molecule has 6 heteroatoms. The maximum atomic E-state index is 12.7. The molecular weight excluding hydrogens is 354 g/mol. The van der Waals surface area contributed by atoms with Crippen molar-refractivity contribution in [2.24, 2.45) is 0 Å². The van der Waals surface area contributed by atoms with Crippen molar-refractivity contribution >= 4 is 5.91 Å². The lowest BCUT2D eigenvalue weighted by atomic mass is 10.1. The molecule has 0 spiro atoms. The van der Waals surface area contributed by atoms with Crippen molar-refractivity contribution < 1.29 is 14.1 Å². The summed E-state index contributed by atoms with van der Waals surface area (Å²) in [5.74, 6) is 1.65. The lowest BCUT2D eigenvalue weighted by molar-refractivity contribution is -0.134. The molecule has 0 unspecified atom stereocenters. The Morgan fingerprint density at radius 3 is 2.50 bits per heavy atom. The number of benzene rings is 2. The molecule has 1 saturated heterocycles. The van der Waals surface area contributed by atoms with E-state index in [9.17, 15) is 4.79 Å². The number of hydrogen-bond acceptors (Lipinski definition) is 5. The van der Waals surface area contributed by atoms with Gasteiger partial charge in [-0.3, -0.25) is 4.79 Å². The number of carbonyl (C=O) groups excluding carboxylic acids is 1. The highest BCUT2D eigenvalue weighted by atomic mass is 16.5. The van der Waals surface area contributed by atoms with Gasteiger partial charge in [-0.25, -0.2) is 0 Å². The Bertz CT molecular complexity index is 948. The summed E-state index contributed by atoms with van der Waals surface area (Å²) < 4.78 is 11.1. The standard InChI is InChI=1S/C22H23N3O3/c1-15-5-9-17(10-6-15)21-23-22(28-24-21)19-4-3-13-25(19)20(26)14-27-18-11-7-16(2)8-12-18/h5-12,19H,3-4,13-14H2,1-2H3/t19-/m0/s1. The summed E-state index contributed by atoms with van der Waals surface area (Å²) in [4.78, 5) is 19.0. The molecule has 144 valence electrons. The zero-order valence-electron chi connectivity index (χ0n) is 16.1. The molecule has 28 heavy (non-hydrogen) atoms. The molecule has 1 aromatic heterocycles. The molecule has 1 aliphatic rings. The summed E-state index contributed by atoms with van der Waals surface area (Å²) in [6.45, 7) is 4.71. The summed E-state index contributed by atoms with van der Waals surface area (Å²) >= 11 is 0. The predicted molar refractivity (Wildman–Crippen MR) is 105 cm³/mol. The number of aryl methyl sites for hydroxylation is 2. The van der Waals surface area contributed by atoms with Crippen LogP contribution in [0.5, 0.6) is 5.75 Å². The van der Waals surface area contributed by atoms with E-state index in [1.807, 2.05) is 62.4 Å². The highest BCUT2D eigenvalue weighted by Crippen LogP contribution is 2.32. The fourth-order valence-electron chi connectivity index (χ4n) is 3.37. The minimum atomic E-state index is -0.194. The molecule has 4 rings (SSSR count). The van der Waals surface area contributed by atoms with E-state index in [2.05, 4.69) is 10.1 Å². The third kappa shape index (κ3) is 3.91. The second-order valence-electron chi connectivity index (χ2n) is 7.17. The van der Waals surface area contributed by atoms with Crippen LogP contribution in [0.15, 0.2) is 53.1 Å². The van der Waals surface area contributed by atoms with Gasteiger partial charge in [-0.05, 0) is 38.8 Å². The van der Waals surface area contributed by atoms with Crippen molar-refractivity contribution in [1.82, 2.24) is 15.0 Å². The van der Waals surface area contributed by atoms with E-state index in [-0.39, 0.29) is 18.6 Å². The highest BCUT2D eigenvalue weighted by molar-refractivity contribution is 5.78. The van der Waals surface area contributed by atoms with Gasteiger partial charge in [-0.2, -0.15) is 4.98 Å². The van der Waals surface area contributed by atoms with Crippen LogP contribution in [0.1, 0.15) is 35.9 Å². The largest absolute Gasteiger partial charge is 0.484 e. The second kappa shape index (κ2) is 7.84. The smallest absolute Gasteiger partial charge is 0.261 e. The number of nitrogens with zero attached hydrogens (tertiary/aromatic N) is 3. The quantitative estimate of drug-likeness (QED) is 0.670. The molecule has 0 radical (unpaired) electrons. The van der Waals surface area contributed by atoms with Gasteiger partial charge in [0.05, 0.1) is 0 Å². The van der Waals surface area contributed by atoms with Crippen LogP contribution in [0.2, 0.25) is 0 Å². The molecule has 2 aromatic carbocycles. The van der Waals surface area contributed by atoms with Crippen molar-refractivity contribution in [3.63, 3.8) is 0 Å². The van der Waals surface area contributed by atoms with Crippen LogP contribution in [-0.2, 0) is 4.79 Å². The van der Waals surface area contributed by atoms with E-state index in [1.165, 1.54) is 5.56 Å². The minimum absolute atomic E-state index is 0.00147. The molecule has 1 amide bonds. The number of ether oxygens (including phenoxy) is 1. The number of hydrogen-bond donors (Lipinski definition) is 0. The highest BCUT2D eigenvalue weighted by Gasteiger charge is 2.34. The van der Waals surface area contributed by atoms with E-state index >= 15 is 0 Å². The van der Waals surface area contributed by atoms with Crippen LogP contribution in [-0.4, -0.2) is 34.1 Å². The average molecular weight is 377 g/mol. The minimum Gasteiger partial charge on any atom is -0.484 e. The normalized spacial score (nSPS) is 16.4. The third-order valence-electron chi connectivity index (χ3n) is 4.99. The second-order valence-corrected chi connectivity index (χ2v) is 7.17. The van der Waals surface area contributed by atoms with Gasteiger partial charge in [0.25, 0.3) is 5.91 Å². The Hall–Kier alpha value is -3.15. The first-order chi connectivity index (χ1) is 13.6.